The first-order valence-corrected chi connectivity index (χ1v) is 17.5. The van der Waals surface area contributed by atoms with Gasteiger partial charge in [0.05, 0.1) is 12.1 Å². The van der Waals surface area contributed by atoms with E-state index in [4.69, 9.17) is 4.74 Å². The van der Waals surface area contributed by atoms with Crippen LogP contribution in [0.15, 0.2) is 103 Å². The van der Waals surface area contributed by atoms with Crippen molar-refractivity contribution >= 4 is 17.8 Å². The number of hydrogen-bond acceptors (Lipinski definition) is 5. The summed E-state index contributed by atoms with van der Waals surface area (Å²) in [6.45, 7) is 4.53. The van der Waals surface area contributed by atoms with E-state index in [1.807, 2.05) is 92.7 Å². The van der Waals surface area contributed by atoms with Gasteiger partial charge < -0.3 is 30.7 Å². The first-order valence-electron chi connectivity index (χ1n) is 17.5. The molecule has 268 valence electrons. The largest absolute Gasteiger partial charge is 0.483 e. The van der Waals surface area contributed by atoms with Crippen LogP contribution in [0.3, 0.4) is 0 Å². The summed E-state index contributed by atoms with van der Waals surface area (Å²) < 4.78 is 19.6. The summed E-state index contributed by atoms with van der Waals surface area (Å²) in [6.07, 6.45) is 0.681. The molecule has 1 heterocycles. The van der Waals surface area contributed by atoms with Crippen LogP contribution in [0.25, 0.3) is 0 Å². The van der Waals surface area contributed by atoms with Crippen LogP contribution in [0.2, 0.25) is 0 Å². The van der Waals surface area contributed by atoms with Gasteiger partial charge in [0.25, 0.3) is 5.91 Å². The zero-order valence-corrected chi connectivity index (χ0v) is 29.2. The Kier molecular flexibility index (Phi) is 13.2. The van der Waals surface area contributed by atoms with E-state index < -0.39 is 24.2 Å². The quantitative estimate of drug-likeness (QED) is 0.131. The fraction of sp³-hybridized carbons (Fsp3) is 0.341. The molecule has 0 radical (unpaired) electrons. The molecule has 4 aromatic carbocycles. The topological polar surface area (TPSA) is 120 Å². The number of carbonyl (C=O) groups is 3. The molecule has 4 aromatic rings. The number of nitrogens with zero attached hydrogens (tertiary/aromatic N) is 1. The molecule has 0 bridgehead atoms. The van der Waals surface area contributed by atoms with Gasteiger partial charge in [0.2, 0.25) is 5.91 Å². The SMILES string of the molecule is Cc1cccc(C)c1OCC(=O)NC(Cc1ccccc1)[C@@H](O)C[C@H](Cc1ccccc1)NC(=O)[C@H](Cc1ccc(F)cc1)N1CCCNC1=O. The molecule has 4 amide bonds. The summed E-state index contributed by atoms with van der Waals surface area (Å²) in [5, 5.41) is 20.8. The van der Waals surface area contributed by atoms with Crippen molar-refractivity contribution < 1.29 is 28.6 Å². The number of aliphatic hydroxyl groups is 1. The number of benzene rings is 4. The molecule has 9 nitrogen and oxygen atoms in total. The number of hydrogen-bond donors (Lipinski definition) is 4. The lowest BCUT2D eigenvalue weighted by Gasteiger charge is -2.35. The van der Waals surface area contributed by atoms with Crippen LogP contribution in [-0.4, -0.2) is 71.8 Å². The number of para-hydroxylation sites is 1. The minimum Gasteiger partial charge on any atom is -0.483 e. The number of carbonyl (C=O) groups excluding carboxylic acids is 3. The van der Waals surface area contributed by atoms with Crippen LogP contribution < -0.4 is 20.7 Å². The second-order valence-corrected chi connectivity index (χ2v) is 13.2. The van der Waals surface area contributed by atoms with Crippen molar-refractivity contribution in [2.45, 2.75) is 70.2 Å². The predicted octanol–water partition coefficient (Wildman–Crippen LogP) is 5.05. The molecule has 51 heavy (non-hydrogen) atoms. The minimum atomic E-state index is -1.06. The van der Waals surface area contributed by atoms with Gasteiger partial charge in [0.1, 0.15) is 17.6 Å². The van der Waals surface area contributed by atoms with Crippen molar-refractivity contribution in [1.82, 2.24) is 20.9 Å². The second kappa shape index (κ2) is 18.1. The van der Waals surface area contributed by atoms with Gasteiger partial charge in [-0.3, -0.25) is 9.59 Å². The van der Waals surface area contributed by atoms with Crippen molar-refractivity contribution in [3.63, 3.8) is 0 Å². The third-order valence-corrected chi connectivity index (χ3v) is 9.20. The molecular formula is C41H47FN4O5. The monoisotopic (exact) mass is 694 g/mol. The molecule has 0 spiro atoms. The third-order valence-electron chi connectivity index (χ3n) is 9.20. The van der Waals surface area contributed by atoms with Gasteiger partial charge in [-0.1, -0.05) is 91.0 Å². The van der Waals surface area contributed by atoms with Gasteiger partial charge >= 0.3 is 6.03 Å². The molecule has 1 aliphatic rings. The number of urea groups is 1. The number of amides is 4. The van der Waals surface area contributed by atoms with Gasteiger partial charge in [-0.2, -0.15) is 0 Å². The smallest absolute Gasteiger partial charge is 0.318 e. The lowest BCUT2D eigenvalue weighted by Crippen LogP contribution is -2.58. The molecule has 5 rings (SSSR count). The van der Waals surface area contributed by atoms with E-state index in [1.165, 1.54) is 17.0 Å². The molecule has 0 aliphatic carbocycles. The normalized spacial score (nSPS) is 15.2. The zero-order valence-electron chi connectivity index (χ0n) is 29.2. The van der Waals surface area contributed by atoms with Gasteiger partial charge in [0.15, 0.2) is 6.61 Å². The Hall–Kier alpha value is -5.22. The molecular weight excluding hydrogens is 647 g/mol. The van der Waals surface area contributed by atoms with E-state index >= 15 is 0 Å². The zero-order chi connectivity index (χ0) is 36.2. The lowest BCUT2D eigenvalue weighted by atomic mass is 9.93. The molecule has 10 heteroatoms. The number of ether oxygens (including phenoxy) is 1. The second-order valence-electron chi connectivity index (χ2n) is 13.2. The number of aliphatic hydroxyl groups excluding tert-OH is 1. The summed E-state index contributed by atoms with van der Waals surface area (Å²) in [6, 6.07) is 28.4. The van der Waals surface area contributed by atoms with E-state index in [9.17, 15) is 23.9 Å². The number of rotatable bonds is 16. The van der Waals surface area contributed by atoms with Crippen LogP contribution in [0.5, 0.6) is 5.75 Å². The highest BCUT2D eigenvalue weighted by Gasteiger charge is 2.34. The standard InChI is InChI=1S/C41H47FN4O5/c1-28-11-9-12-29(2)39(28)51-27-38(48)45-35(24-31-15-7-4-8-16-31)37(47)26-34(23-30-13-5-3-6-14-30)44-40(49)36(46-22-10-21-43-41(46)50)25-32-17-19-33(42)20-18-32/h3-9,11-20,34-37,47H,10,21-27H2,1-2H3,(H,43,50)(H,44,49)(H,45,48)/t34-,35?,36-,37-/m0/s1. The van der Waals surface area contributed by atoms with Crippen molar-refractivity contribution in [1.29, 1.82) is 0 Å². The molecule has 0 saturated carbocycles. The summed E-state index contributed by atoms with van der Waals surface area (Å²) in [4.78, 5) is 42.0. The Bertz CT molecular complexity index is 1720. The molecule has 4 atom stereocenters. The fourth-order valence-electron chi connectivity index (χ4n) is 6.54. The predicted molar refractivity (Wildman–Crippen MR) is 195 cm³/mol. The van der Waals surface area contributed by atoms with Crippen molar-refractivity contribution in [2.24, 2.45) is 0 Å². The van der Waals surface area contributed by atoms with Crippen LogP contribution in [0.4, 0.5) is 9.18 Å². The highest BCUT2D eigenvalue weighted by atomic mass is 19.1. The van der Waals surface area contributed by atoms with Gasteiger partial charge in [-0.25, -0.2) is 9.18 Å². The van der Waals surface area contributed by atoms with Crippen LogP contribution in [0, 0.1) is 19.7 Å². The lowest BCUT2D eigenvalue weighted by molar-refractivity contribution is -0.127. The summed E-state index contributed by atoms with van der Waals surface area (Å²) in [5.74, 6) is -0.496. The Morgan fingerprint density at radius 1 is 0.824 bits per heavy atom. The molecule has 0 aromatic heterocycles. The molecule has 1 unspecified atom stereocenters. The van der Waals surface area contributed by atoms with Crippen LogP contribution in [-0.2, 0) is 28.9 Å². The van der Waals surface area contributed by atoms with E-state index in [2.05, 4.69) is 16.0 Å². The minimum absolute atomic E-state index is 0.117. The van der Waals surface area contributed by atoms with Crippen molar-refractivity contribution in [2.75, 3.05) is 19.7 Å². The average Bonchev–Trinajstić information content (AvgIpc) is 3.12. The Balaban J connectivity index is 1.36. The molecule has 1 aliphatic heterocycles. The molecule has 1 saturated heterocycles. The van der Waals surface area contributed by atoms with E-state index in [-0.39, 0.29) is 43.1 Å². The molecule has 4 N–H and O–H groups in total. The van der Waals surface area contributed by atoms with E-state index in [0.29, 0.717) is 43.7 Å². The summed E-state index contributed by atoms with van der Waals surface area (Å²) >= 11 is 0. The highest BCUT2D eigenvalue weighted by Crippen LogP contribution is 2.22. The molecule has 1 fully saturated rings. The number of aryl methyl sites for hydroxylation is 2. The summed E-state index contributed by atoms with van der Waals surface area (Å²) in [5.41, 5.74) is 4.43. The highest BCUT2D eigenvalue weighted by molar-refractivity contribution is 5.88. The van der Waals surface area contributed by atoms with E-state index in [0.717, 1.165) is 22.3 Å². The maximum absolute atomic E-state index is 14.2. The van der Waals surface area contributed by atoms with Crippen molar-refractivity contribution in [3.8, 4) is 5.75 Å². The Morgan fingerprint density at radius 2 is 1.43 bits per heavy atom. The Labute approximate surface area is 299 Å². The summed E-state index contributed by atoms with van der Waals surface area (Å²) in [7, 11) is 0. The first kappa shape index (κ1) is 37.0. The van der Waals surface area contributed by atoms with Crippen LogP contribution >= 0.6 is 0 Å². The number of nitrogens with one attached hydrogen (secondary N) is 3. The van der Waals surface area contributed by atoms with Gasteiger partial charge in [0, 0.05) is 25.6 Å². The maximum atomic E-state index is 14.2. The number of halogens is 1. The average molecular weight is 695 g/mol. The fourth-order valence-corrected chi connectivity index (χ4v) is 6.54. The maximum Gasteiger partial charge on any atom is 0.318 e. The van der Waals surface area contributed by atoms with Gasteiger partial charge in [-0.05, 0) is 79.5 Å². The van der Waals surface area contributed by atoms with E-state index in [1.54, 1.807) is 12.1 Å². The van der Waals surface area contributed by atoms with Crippen LogP contribution in [0.1, 0.15) is 40.7 Å². The van der Waals surface area contributed by atoms with Crippen molar-refractivity contribution in [3.05, 3.63) is 137 Å². The van der Waals surface area contributed by atoms with Gasteiger partial charge in [-0.15, -0.1) is 0 Å². The third kappa shape index (κ3) is 10.9. The first-order chi connectivity index (χ1) is 24.7. The Morgan fingerprint density at radius 3 is 2.06 bits per heavy atom.